The second-order valence-corrected chi connectivity index (χ2v) is 33.5. The molecule has 18 rings (SSSR count). The summed E-state index contributed by atoms with van der Waals surface area (Å²) in [7, 11) is -1.84. The quantitative estimate of drug-likeness (QED) is 0.112. The third-order valence-electron chi connectivity index (χ3n) is 25.0. The number of ether oxygens (including phenoxy) is 2. The molecule has 15 saturated carbocycles. The van der Waals surface area contributed by atoms with E-state index >= 15 is 0 Å². The Morgan fingerprint density at radius 3 is 1.42 bits per heavy atom. The van der Waals surface area contributed by atoms with Crippen LogP contribution in [0.25, 0.3) is 0 Å². The fraction of sp³-hybridized carbons (Fsp3) is 0.922. The number of rotatable bonds is 10. The van der Waals surface area contributed by atoms with Gasteiger partial charge in [0.2, 0.25) is 11.8 Å². The van der Waals surface area contributed by atoms with E-state index in [0.717, 1.165) is 101 Å². The molecule has 3 saturated heterocycles. The molecule has 15 aliphatic carbocycles. The van der Waals surface area contributed by atoms with Crippen molar-refractivity contribution in [2.24, 2.45) is 92.5 Å². The van der Waals surface area contributed by atoms with Crippen LogP contribution in [0, 0.1) is 86.8 Å². The lowest BCUT2D eigenvalue weighted by atomic mass is 9.43. The maximum Gasteiger partial charge on any atom is 0.481 e. The molecule has 9 atom stereocenters. The zero-order valence-electron chi connectivity index (χ0n) is 51.8. The van der Waals surface area contributed by atoms with Gasteiger partial charge < -0.3 is 60.1 Å². The van der Waals surface area contributed by atoms with Crippen molar-refractivity contribution in [3.8, 4) is 0 Å². The molecule has 17 nitrogen and oxygen atoms in total. The molecule has 462 valence electrons. The van der Waals surface area contributed by atoms with Crippen molar-refractivity contribution in [3.05, 3.63) is 0 Å². The van der Waals surface area contributed by atoms with Gasteiger partial charge in [-0.05, 0) is 278 Å². The first-order valence-corrected chi connectivity index (χ1v) is 33.2. The Labute approximate surface area is 495 Å². The van der Waals surface area contributed by atoms with Gasteiger partial charge in [-0.1, -0.05) is 13.8 Å². The predicted molar refractivity (Wildman–Crippen MR) is 314 cm³/mol. The molecule has 4 amide bonds. The van der Waals surface area contributed by atoms with E-state index in [1.165, 1.54) is 64.2 Å². The minimum Gasteiger partial charge on any atom is -0.480 e. The summed E-state index contributed by atoms with van der Waals surface area (Å²) >= 11 is 0. The Morgan fingerprint density at radius 2 is 1.00 bits per heavy atom. The second-order valence-electron chi connectivity index (χ2n) is 33.5. The van der Waals surface area contributed by atoms with E-state index in [2.05, 4.69) is 31.4 Å². The highest BCUT2D eigenvalue weighted by Crippen LogP contribution is 2.67. The standard InChI is InChI=1S/C31H49BN2O5.C17H27NO4.C16H27BN2O3/c1-28(2,3)37-27(36)33-25(31-15-18-10-19(16-31)12-20(11-18)17-31)26(35)34-9-7-8-24(34)32-38-23-14-21-13-22(29(21,4)5)30(23,6)39-32;1-16(2,3)22-15(21)18-13(14(19)20)17-7-10-4-11(8-17)6-12(5-10)9-17;18-14(15(20)19-3-1-2-13(19)17(21)22)16-7-10-4-11(8-16)6-12(5-10)9-16/h18-25H,7-17H2,1-6H3,(H,33,36);10-13H,4-9H2,1-3H3,(H,18,21)(H,19,20);10-14,21-22H,1-9,18H2/t18?,19?,20?,21-,22-,23+,24-,25+,30-,31?;10?,11?,12?,13-,17?;10?,11?,12?,13-,14+,16?/m010/s1. The number of hydrogen-bond donors (Lipinski definition) is 6. The topological polar surface area (TPSA) is 240 Å². The lowest BCUT2D eigenvalue weighted by molar-refractivity contribution is -0.199. The van der Waals surface area contributed by atoms with E-state index in [1.807, 2.05) is 25.7 Å². The van der Waals surface area contributed by atoms with E-state index in [0.29, 0.717) is 66.9 Å². The number of amides is 4. The molecule has 7 N–H and O–H groups in total. The summed E-state index contributed by atoms with van der Waals surface area (Å²) < 4.78 is 24.5. The molecule has 83 heavy (non-hydrogen) atoms. The molecular formula is C64H103B2N5O12. The van der Waals surface area contributed by atoms with Crippen molar-refractivity contribution >= 4 is 44.2 Å². The first kappa shape index (κ1) is 60.2. The summed E-state index contributed by atoms with van der Waals surface area (Å²) in [6.45, 7) is 19.3. The lowest BCUT2D eigenvalue weighted by Gasteiger charge is -2.64. The summed E-state index contributed by atoms with van der Waals surface area (Å²) in [5.41, 5.74) is 4.83. The number of nitrogens with two attached hydrogens (primary N) is 1. The number of likely N-dealkylation sites (tertiary alicyclic amines) is 2. The Balaban J connectivity index is 0.000000132. The normalized spacial score (nSPS) is 43.4. The molecule has 3 heterocycles. The minimum absolute atomic E-state index is 0.0145. The Kier molecular flexibility index (Phi) is 15.6. The summed E-state index contributed by atoms with van der Waals surface area (Å²) in [6, 6.07) is -1.83. The van der Waals surface area contributed by atoms with Gasteiger partial charge in [0.05, 0.1) is 29.6 Å². The Bertz CT molecular complexity index is 2390. The van der Waals surface area contributed by atoms with Crippen molar-refractivity contribution in [3.63, 3.8) is 0 Å². The van der Waals surface area contributed by atoms with E-state index < -0.39 is 60.5 Å². The highest BCUT2D eigenvalue weighted by atomic mass is 16.7. The van der Waals surface area contributed by atoms with Gasteiger partial charge in [-0.2, -0.15) is 0 Å². The van der Waals surface area contributed by atoms with Crippen LogP contribution in [0.3, 0.4) is 0 Å². The number of carboxylic acids is 1. The van der Waals surface area contributed by atoms with Crippen LogP contribution in [0.4, 0.5) is 9.59 Å². The third-order valence-corrected chi connectivity index (χ3v) is 25.0. The molecule has 0 unspecified atom stereocenters. The van der Waals surface area contributed by atoms with Crippen LogP contribution in [0.1, 0.15) is 216 Å². The average molecular weight is 1160 g/mol. The summed E-state index contributed by atoms with van der Waals surface area (Å²) in [5, 5.41) is 34.6. The fourth-order valence-electron chi connectivity index (χ4n) is 22.8. The molecule has 18 aliphatic rings. The molecule has 3 aliphatic heterocycles. The summed E-state index contributed by atoms with van der Waals surface area (Å²) in [6.07, 6.45) is 25.5. The van der Waals surface area contributed by atoms with Crippen molar-refractivity contribution in [1.29, 1.82) is 0 Å². The van der Waals surface area contributed by atoms with E-state index in [4.69, 9.17) is 24.5 Å². The molecule has 0 aromatic carbocycles. The van der Waals surface area contributed by atoms with Crippen LogP contribution < -0.4 is 16.4 Å². The molecule has 0 aromatic rings. The van der Waals surface area contributed by atoms with E-state index in [1.54, 1.807) is 25.7 Å². The van der Waals surface area contributed by atoms with Gasteiger partial charge in [0.1, 0.15) is 23.3 Å². The predicted octanol–water partition coefficient (Wildman–Crippen LogP) is 9.07. The second kappa shape index (κ2) is 21.6. The molecule has 0 radical (unpaired) electrons. The smallest absolute Gasteiger partial charge is 0.480 e. The van der Waals surface area contributed by atoms with Gasteiger partial charge in [-0.3, -0.25) is 9.59 Å². The maximum atomic E-state index is 14.6. The van der Waals surface area contributed by atoms with Crippen LogP contribution in [0.15, 0.2) is 0 Å². The molecular weight excluding hydrogens is 1050 g/mol. The zero-order valence-corrected chi connectivity index (χ0v) is 51.8. The summed E-state index contributed by atoms with van der Waals surface area (Å²) in [5.74, 6) is 6.00. The monoisotopic (exact) mass is 1160 g/mol. The van der Waals surface area contributed by atoms with Crippen LogP contribution in [0.2, 0.25) is 0 Å². The van der Waals surface area contributed by atoms with Crippen LogP contribution in [0.5, 0.6) is 0 Å². The third kappa shape index (κ3) is 11.3. The van der Waals surface area contributed by atoms with Crippen molar-refractivity contribution < 1.29 is 57.9 Å². The largest absolute Gasteiger partial charge is 0.481 e. The molecule has 0 aromatic heterocycles. The molecule has 19 heteroatoms. The maximum absolute atomic E-state index is 14.6. The Morgan fingerprint density at radius 1 is 0.590 bits per heavy atom. The Hall–Kier alpha value is -3.12. The minimum atomic E-state index is -1.45. The van der Waals surface area contributed by atoms with Crippen LogP contribution >= 0.6 is 0 Å². The van der Waals surface area contributed by atoms with E-state index in [9.17, 15) is 39.1 Å². The van der Waals surface area contributed by atoms with Gasteiger partial charge in [0.25, 0.3) is 0 Å². The van der Waals surface area contributed by atoms with Gasteiger partial charge in [0.15, 0.2) is 0 Å². The van der Waals surface area contributed by atoms with E-state index in [-0.39, 0.29) is 58.2 Å². The lowest BCUT2D eigenvalue weighted by Crippen LogP contribution is -2.65. The molecule has 18 fully saturated rings. The van der Waals surface area contributed by atoms with Crippen LogP contribution in [-0.4, -0.2) is 135 Å². The summed E-state index contributed by atoms with van der Waals surface area (Å²) in [4.78, 5) is 68.4. The number of aliphatic carboxylic acids is 1. The number of alkyl carbamates (subject to hydrolysis) is 2. The fourth-order valence-corrected chi connectivity index (χ4v) is 22.8. The SMILES string of the molecule is CC(C)(C)OC(=O)N[C@H](C(=O)N1CCC[C@H]1B1O[C@@H]2C[C@@H]3C[C@@H](C3(C)C)[C@]2(C)O1)C12CC3CC(CC(C3)C1)C2.CC(C)(C)OC(=O)N[C@H](C(=O)O)C12CC3CC(CC(C3)C1)C2.N[C@H](C(=O)N1CCC[C@H]1B(O)O)C12CC3CC(CC(C3)C1)C2. The number of carbonyl (C=O) groups excluding carboxylic acids is 4. The first-order valence-electron chi connectivity index (χ1n) is 33.2. The van der Waals surface area contributed by atoms with Crippen LogP contribution in [-0.2, 0) is 33.2 Å². The number of carbonyl (C=O) groups is 5. The van der Waals surface area contributed by atoms with Gasteiger partial charge in [-0.25, -0.2) is 14.4 Å². The van der Waals surface area contributed by atoms with Crippen molar-refractivity contribution in [2.75, 3.05) is 13.1 Å². The molecule has 0 spiro atoms. The highest BCUT2D eigenvalue weighted by molar-refractivity contribution is 6.48. The zero-order chi connectivity index (χ0) is 59.1. The number of carboxylic acid groups (broad SMARTS) is 1. The van der Waals surface area contributed by atoms with Gasteiger partial charge >= 0.3 is 32.4 Å². The first-order chi connectivity index (χ1) is 38.9. The number of nitrogens with zero attached hydrogens (tertiary/aromatic N) is 2. The van der Waals surface area contributed by atoms with Gasteiger partial charge in [0, 0.05) is 23.9 Å². The molecule has 14 bridgehead atoms. The number of hydrogen-bond acceptors (Lipinski definition) is 12. The average Bonchev–Trinajstić information content (AvgIpc) is 1.88. The number of nitrogens with one attached hydrogen (secondary N) is 2. The highest BCUT2D eigenvalue weighted by Gasteiger charge is 2.70. The van der Waals surface area contributed by atoms with Gasteiger partial charge in [-0.15, -0.1) is 0 Å². The van der Waals surface area contributed by atoms with Crippen molar-refractivity contribution in [1.82, 2.24) is 20.4 Å². The van der Waals surface area contributed by atoms with Crippen molar-refractivity contribution in [2.45, 2.75) is 269 Å².